The molecule has 0 aliphatic rings. The summed E-state index contributed by atoms with van der Waals surface area (Å²) >= 11 is 11.7. The van der Waals surface area contributed by atoms with Crippen molar-refractivity contribution in [2.45, 2.75) is 25.5 Å². The molecular formula is C11H15Cl2NO. The summed E-state index contributed by atoms with van der Waals surface area (Å²) in [6.07, 6.45) is 0.861. The third-order valence-electron chi connectivity index (χ3n) is 2.43. The highest BCUT2D eigenvalue weighted by atomic mass is 35.5. The van der Waals surface area contributed by atoms with E-state index in [0.29, 0.717) is 10.0 Å². The third kappa shape index (κ3) is 3.08. The average Bonchev–Trinajstić information content (AvgIpc) is 2.23. The molecule has 0 bridgehead atoms. The topological polar surface area (TPSA) is 35.2 Å². The first kappa shape index (κ1) is 12.8. The molecule has 2 N–H and O–H groups in total. The number of rotatable bonds is 4. The molecule has 0 aliphatic heterocycles. The second-order valence-electron chi connectivity index (χ2n) is 3.38. The molecule has 0 aliphatic carbocycles. The molecule has 2 atom stereocenters. The van der Waals surface area contributed by atoms with Gasteiger partial charge in [-0.25, -0.2) is 0 Å². The van der Waals surface area contributed by atoms with E-state index >= 15 is 0 Å². The Morgan fingerprint density at radius 3 is 2.47 bits per heavy atom. The SMILES string of the molecule is CCC(OC)C(N)c1ccc(Cl)c(Cl)c1. The summed E-state index contributed by atoms with van der Waals surface area (Å²) in [5.41, 5.74) is 7.00. The number of ether oxygens (including phenoxy) is 1. The highest BCUT2D eigenvalue weighted by Gasteiger charge is 2.17. The second-order valence-corrected chi connectivity index (χ2v) is 4.20. The van der Waals surface area contributed by atoms with Crippen molar-refractivity contribution in [2.75, 3.05) is 7.11 Å². The molecule has 15 heavy (non-hydrogen) atoms. The van der Waals surface area contributed by atoms with Gasteiger partial charge in [0.25, 0.3) is 0 Å². The van der Waals surface area contributed by atoms with Crippen LogP contribution in [0, 0.1) is 0 Å². The van der Waals surface area contributed by atoms with Gasteiger partial charge in [-0.05, 0) is 24.1 Å². The molecule has 0 spiro atoms. The first-order valence-corrected chi connectivity index (χ1v) is 5.59. The number of hydrogen-bond donors (Lipinski definition) is 1. The van der Waals surface area contributed by atoms with Gasteiger partial charge in [0.05, 0.1) is 22.2 Å². The second kappa shape index (κ2) is 5.71. The van der Waals surface area contributed by atoms with E-state index in [4.69, 9.17) is 33.7 Å². The Morgan fingerprint density at radius 1 is 1.33 bits per heavy atom. The normalized spacial score (nSPS) is 15.0. The average molecular weight is 248 g/mol. The van der Waals surface area contributed by atoms with Gasteiger partial charge < -0.3 is 10.5 Å². The maximum absolute atomic E-state index is 6.05. The van der Waals surface area contributed by atoms with E-state index in [1.54, 1.807) is 19.2 Å². The maximum Gasteiger partial charge on any atom is 0.0761 e. The van der Waals surface area contributed by atoms with Gasteiger partial charge in [0.15, 0.2) is 0 Å². The van der Waals surface area contributed by atoms with Gasteiger partial charge in [0.1, 0.15) is 0 Å². The van der Waals surface area contributed by atoms with Gasteiger partial charge in [-0.3, -0.25) is 0 Å². The Bertz CT molecular complexity index is 326. The zero-order valence-electron chi connectivity index (χ0n) is 8.84. The Balaban J connectivity index is 2.90. The van der Waals surface area contributed by atoms with Crippen molar-refractivity contribution < 1.29 is 4.74 Å². The molecule has 2 nitrogen and oxygen atoms in total. The summed E-state index contributed by atoms with van der Waals surface area (Å²) in [4.78, 5) is 0. The Morgan fingerprint density at radius 2 is 2.00 bits per heavy atom. The molecule has 4 heteroatoms. The minimum absolute atomic E-state index is 0.00208. The van der Waals surface area contributed by atoms with Crippen molar-refractivity contribution >= 4 is 23.2 Å². The van der Waals surface area contributed by atoms with Crippen molar-refractivity contribution in [3.63, 3.8) is 0 Å². The Labute approximate surface area is 100 Å². The molecule has 1 aromatic carbocycles. The van der Waals surface area contributed by atoms with Crippen LogP contribution in [0.5, 0.6) is 0 Å². The molecular weight excluding hydrogens is 233 g/mol. The van der Waals surface area contributed by atoms with E-state index in [2.05, 4.69) is 0 Å². The van der Waals surface area contributed by atoms with E-state index in [0.717, 1.165) is 12.0 Å². The maximum atomic E-state index is 6.05. The van der Waals surface area contributed by atoms with Gasteiger partial charge in [0.2, 0.25) is 0 Å². The van der Waals surface area contributed by atoms with Crippen LogP contribution in [-0.4, -0.2) is 13.2 Å². The summed E-state index contributed by atoms with van der Waals surface area (Å²) in [6.45, 7) is 2.03. The molecule has 0 radical (unpaired) electrons. The molecule has 1 rings (SSSR count). The fourth-order valence-corrected chi connectivity index (χ4v) is 1.81. The Hall–Kier alpha value is -0.280. The quantitative estimate of drug-likeness (QED) is 0.886. The predicted molar refractivity (Wildman–Crippen MR) is 64.5 cm³/mol. The van der Waals surface area contributed by atoms with E-state index in [-0.39, 0.29) is 12.1 Å². The van der Waals surface area contributed by atoms with E-state index in [9.17, 15) is 0 Å². The molecule has 0 fully saturated rings. The van der Waals surface area contributed by atoms with Gasteiger partial charge in [-0.2, -0.15) is 0 Å². The van der Waals surface area contributed by atoms with Crippen LogP contribution >= 0.6 is 23.2 Å². The van der Waals surface area contributed by atoms with Crippen LogP contribution in [0.4, 0.5) is 0 Å². The van der Waals surface area contributed by atoms with Crippen molar-refractivity contribution in [1.29, 1.82) is 0 Å². The minimum Gasteiger partial charge on any atom is -0.379 e. The summed E-state index contributed by atoms with van der Waals surface area (Å²) in [5, 5.41) is 1.06. The molecule has 0 aromatic heterocycles. The minimum atomic E-state index is -0.172. The number of methoxy groups -OCH3 is 1. The number of nitrogens with two attached hydrogens (primary N) is 1. The number of hydrogen-bond acceptors (Lipinski definition) is 2. The smallest absolute Gasteiger partial charge is 0.0761 e. The summed E-state index contributed by atoms with van der Waals surface area (Å²) in [5.74, 6) is 0. The van der Waals surface area contributed by atoms with Gasteiger partial charge in [-0.1, -0.05) is 36.2 Å². The monoisotopic (exact) mass is 247 g/mol. The fourth-order valence-electron chi connectivity index (χ4n) is 1.50. The number of halogens is 2. The number of benzene rings is 1. The largest absolute Gasteiger partial charge is 0.379 e. The van der Waals surface area contributed by atoms with Crippen LogP contribution < -0.4 is 5.73 Å². The zero-order chi connectivity index (χ0) is 11.4. The first-order valence-electron chi connectivity index (χ1n) is 4.83. The lowest BCUT2D eigenvalue weighted by Crippen LogP contribution is -2.27. The predicted octanol–water partition coefficient (Wildman–Crippen LogP) is 3.42. The molecule has 2 unspecified atom stereocenters. The van der Waals surface area contributed by atoms with Crippen molar-refractivity contribution in [2.24, 2.45) is 5.73 Å². The molecule has 0 saturated carbocycles. The van der Waals surface area contributed by atoms with E-state index in [1.165, 1.54) is 0 Å². The van der Waals surface area contributed by atoms with Crippen molar-refractivity contribution in [3.05, 3.63) is 33.8 Å². The molecule has 1 aromatic rings. The summed E-state index contributed by atoms with van der Waals surface area (Å²) in [6, 6.07) is 5.24. The van der Waals surface area contributed by atoms with Gasteiger partial charge in [-0.15, -0.1) is 0 Å². The van der Waals surface area contributed by atoms with Crippen LogP contribution in [0.1, 0.15) is 24.9 Å². The lowest BCUT2D eigenvalue weighted by Gasteiger charge is -2.21. The molecule has 0 saturated heterocycles. The van der Waals surface area contributed by atoms with Crippen LogP contribution in [0.15, 0.2) is 18.2 Å². The van der Waals surface area contributed by atoms with Crippen LogP contribution in [-0.2, 0) is 4.74 Å². The first-order chi connectivity index (χ1) is 7.10. The van der Waals surface area contributed by atoms with Crippen molar-refractivity contribution in [1.82, 2.24) is 0 Å². The lowest BCUT2D eigenvalue weighted by atomic mass is 10.0. The fraction of sp³-hybridized carbons (Fsp3) is 0.455. The zero-order valence-corrected chi connectivity index (χ0v) is 10.3. The van der Waals surface area contributed by atoms with Crippen LogP contribution in [0.2, 0.25) is 10.0 Å². The molecule has 0 amide bonds. The van der Waals surface area contributed by atoms with E-state index < -0.39 is 0 Å². The summed E-state index contributed by atoms with van der Waals surface area (Å²) < 4.78 is 5.28. The van der Waals surface area contributed by atoms with Crippen molar-refractivity contribution in [3.8, 4) is 0 Å². The van der Waals surface area contributed by atoms with Gasteiger partial charge in [0, 0.05) is 7.11 Å². The Kier molecular flexibility index (Phi) is 4.87. The standard InChI is InChI=1S/C11H15Cl2NO/c1-3-10(15-2)11(14)7-4-5-8(12)9(13)6-7/h4-6,10-11H,3,14H2,1-2H3. The third-order valence-corrected chi connectivity index (χ3v) is 3.17. The molecule has 0 heterocycles. The summed E-state index contributed by atoms with van der Waals surface area (Å²) in [7, 11) is 1.66. The highest BCUT2D eigenvalue weighted by Crippen LogP contribution is 2.27. The lowest BCUT2D eigenvalue weighted by molar-refractivity contribution is 0.0772. The van der Waals surface area contributed by atoms with E-state index in [1.807, 2.05) is 13.0 Å². The molecule has 84 valence electrons. The van der Waals surface area contributed by atoms with Gasteiger partial charge >= 0.3 is 0 Å². The van der Waals surface area contributed by atoms with Crippen LogP contribution in [0.3, 0.4) is 0 Å². The van der Waals surface area contributed by atoms with Crippen LogP contribution in [0.25, 0.3) is 0 Å². The highest BCUT2D eigenvalue weighted by molar-refractivity contribution is 6.42.